The molecule has 17 heavy (non-hydrogen) atoms. The summed E-state index contributed by atoms with van der Waals surface area (Å²) < 4.78 is 37.2. The summed E-state index contributed by atoms with van der Waals surface area (Å²) in [5.41, 5.74) is 0.349. The lowest BCUT2D eigenvalue weighted by molar-refractivity contribution is 0.440. The van der Waals surface area contributed by atoms with Crippen LogP contribution >= 0.6 is 0 Å². The molecule has 0 radical (unpaired) electrons. The van der Waals surface area contributed by atoms with E-state index >= 15 is 0 Å². The Hall–Kier alpha value is -0.940. The van der Waals surface area contributed by atoms with Crippen LogP contribution in [0.2, 0.25) is 0 Å². The summed E-state index contributed by atoms with van der Waals surface area (Å²) in [7, 11) is -3.37. The highest BCUT2D eigenvalue weighted by Crippen LogP contribution is 2.31. The minimum absolute atomic E-state index is 0.0466. The number of rotatable bonds is 2. The summed E-state index contributed by atoms with van der Waals surface area (Å²) >= 11 is 0. The van der Waals surface area contributed by atoms with Crippen LogP contribution in [-0.2, 0) is 9.84 Å². The summed E-state index contributed by atoms with van der Waals surface area (Å²) in [6.45, 7) is 1.56. The monoisotopic (exact) mass is 257 g/mol. The maximum atomic E-state index is 13.9. The van der Waals surface area contributed by atoms with Crippen LogP contribution in [0.1, 0.15) is 24.3 Å². The second-order valence-electron chi connectivity index (χ2n) is 4.47. The van der Waals surface area contributed by atoms with Crippen LogP contribution < -0.4 is 5.32 Å². The largest absolute Gasteiger partial charge is 0.316 e. The summed E-state index contributed by atoms with van der Waals surface area (Å²) in [6.07, 6.45) is 2.90. The standard InChI is InChI=1S/C12H16FNO2S/c1-17(15,16)11-6-2-5-10(13)12(11)9-4-3-7-14-8-9/h2,5-6,9,14H,3-4,7-8H2,1H3. The average molecular weight is 257 g/mol. The van der Waals surface area contributed by atoms with E-state index in [1.807, 2.05) is 0 Å². The van der Waals surface area contributed by atoms with Gasteiger partial charge in [0.1, 0.15) is 5.82 Å². The van der Waals surface area contributed by atoms with Crippen LogP contribution in [-0.4, -0.2) is 27.8 Å². The van der Waals surface area contributed by atoms with Crippen LogP contribution in [0.15, 0.2) is 23.1 Å². The zero-order valence-corrected chi connectivity index (χ0v) is 10.6. The van der Waals surface area contributed by atoms with Crippen molar-refractivity contribution in [3.63, 3.8) is 0 Å². The summed E-state index contributed by atoms with van der Waals surface area (Å²) in [6, 6.07) is 4.27. The molecule has 2 rings (SSSR count). The van der Waals surface area contributed by atoms with E-state index in [1.54, 1.807) is 0 Å². The molecule has 0 aromatic heterocycles. The first-order valence-electron chi connectivity index (χ1n) is 5.69. The molecule has 1 aromatic rings. The fourth-order valence-corrected chi connectivity index (χ4v) is 3.32. The second-order valence-corrected chi connectivity index (χ2v) is 6.45. The van der Waals surface area contributed by atoms with Crippen molar-refractivity contribution in [2.75, 3.05) is 19.3 Å². The van der Waals surface area contributed by atoms with Crippen LogP contribution in [0.5, 0.6) is 0 Å². The lowest BCUT2D eigenvalue weighted by Gasteiger charge is -2.25. The fourth-order valence-electron chi connectivity index (χ4n) is 2.33. The van der Waals surface area contributed by atoms with Crippen molar-refractivity contribution in [2.45, 2.75) is 23.7 Å². The molecule has 1 atom stereocenters. The first-order chi connectivity index (χ1) is 8.00. The van der Waals surface area contributed by atoms with Crippen LogP contribution in [0, 0.1) is 5.82 Å². The molecule has 0 saturated carbocycles. The van der Waals surface area contributed by atoms with Gasteiger partial charge >= 0.3 is 0 Å². The molecule has 0 amide bonds. The van der Waals surface area contributed by atoms with Crippen LogP contribution in [0.25, 0.3) is 0 Å². The number of sulfone groups is 1. The molecule has 1 N–H and O–H groups in total. The molecule has 0 aliphatic carbocycles. The predicted molar refractivity (Wildman–Crippen MR) is 64.4 cm³/mol. The van der Waals surface area contributed by atoms with Crippen molar-refractivity contribution in [1.82, 2.24) is 5.32 Å². The maximum Gasteiger partial charge on any atom is 0.175 e. The highest BCUT2D eigenvalue weighted by Gasteiger charge is 2.25. The number of nitrogens with one attached hydrogen (secondary N) is 1. The third kappa shape index (κ3) is 2.66. The average Bonchev–Trinajstić information content (AvgIpc) is 2.28. The van der Waals surface area contributed by atoms with E-state index in [-0.39, 0.29) is 10.8 Å². The van der Waals surface area contributed by atoms with Crippen molar-refractivity contribution in [2.24, 2.45) is 0 Å². The molecule has 0 spiro atoms. The first kappa shape index (κ1) is 12.5. The minimum atomic E-state index is -3.37. The summed E-state index contributed by atoms with van der Waals surface area (Å²) in [5.74, 6) is -0.462. The second kappa shape index (κ2) is 4.74. The van der Waals surface area contributed by atoms with Gasteiger partial charge in [-0.15, -0.1) is 0 Å². The number of halogens is 1. The maximum absolute atomic E-state index is 13.9. The molecule has 94 valence electrons. The van der Waals surface area contributed by atoms with Crippen LogP contribution in [0.3, 0.4) is 0 Å². The molecular weight excluding hydrogens is 241 g/mol. The number of piperidine rings is 1. The number of benzene rings is 1. The first-order valence-corrected chi connectivity index (χ1v) is 7.58. The van der Waals surface area contributed by atoms with Gasteiger partial charge < -0.3 is 5.32 Å². The third-order valence-electron chi connectivity index (χ3n) is 3.12. The lowest BCUT2D eigenvalue weighted by Crippen LogP contribution is -2.29. The molecule has 1 fully saturated rings. The molecule has 0 bridgehead atoms. The normalized spacial score (nSPS) is 21.4. The van der Waals surface area contributed by atoms with Crippen molar-refractivity contribution in [3.8, 4) is 0 Å². The van der Waals surface area contributed by atoms with Gasteiger partial charge in [-0.1, -0.05) is 6.07 Å². The topological polar surface area (TPSA) is 46.2 Å². The Kier molecular flexibility index (Phi) is 3.49. The Balaban J connectivity index is 2.50. The van der Waals surface area contributed by atoms with Gasteiger partial charge in [-0.2, -0.15) is 0 Å². The quantitative estimate of drug-likeness (QED) is 0.877. The van der Waals surface area contributed by atoms with E-state index in [1.165, 1.54) is 18.2 Å². The smallest absolute Gasteiger partial charge is 0.175 e. The van der Waals surface area contributed by atoms with Gasteiger partial charge in [0.05, 0.1) is 4.90 Å². The predicted octanol–water partition coefficient (Wildman–Crippen LogP) is 1.70. The number of hydrogen-bond acceptors (Lipinski definition) is 3. The molecule has 5 heteroatoms. The molecule has 1 heterocycles. The van der Waals surface area contributed by atoms with Gasteiger partial charge in [-0.3, -0.25) is 0 Å². The van der Waals surface area contributed by atoms with Crippen molar-refractivity contribution >= 4 is 9.84 Å². The summed E-state index contributed by atoms with van der Waals surface area (Å²) in [5, 5.41) is 3.18. The Morgan fingerprint density at radius 3 is 2.76 bits per heavy atom. The van der Waals surface area contributed by atoms with E-state index in [0.717, 1.165) is 25.6 Å². The lowest BCUT2D eigenvalue weighted by atomic mass is 9.91. The van der Waals surface area contributed by atoms with Gasteiger partial charge in [0.15, 0.2) is 9.84 Å². The fraction of sp³-hybridized carbons (Fsp3) is 0.500. The Morgan fingerprint density at radius 1 is 1.41 bits per heavy atom. The Morgan fingerprint density at radius 2 is 2.18 bits per heavy atom. The van der Waals surface area contributed by atoms with Crippen molar-refractivity contribution in [1.29, 1.82) is 0 Å². The zero-order valence-electron chi connectivity index (χ0n) is 9.74. The minimum Gasteiger partial charge on any atom is -0.316 e. The van der Waals surface area contributed by atoms with E-state index in [4.69, 9.17) is 0 Å². The molecular formula is C12H16FNO2S. The van der Waals surface area contributed by atoms with E-state index in [2.05, 4.69) is 5.32 Å². The third-order valence-corrected chi connectivity index (χ3v) is 4.27. The molecule has 1 unspecified atom stereocenters. The SMILES string of the molecule is CS(=O)(=O)c1cccc(F)c1C1CCCNC1. The molecule has 3 nitrogen and oxygen atoms in total. The van der Waals surface area contributed by atoms with Gasteiger partial charge in [-0.25, -0.2) is 12.8 Å². The molecule has 1 aliphatic rings. The van der Waals surface area contributed by atoms with Gasteiger partial charge in [0, 0.05) is 24.3 Å². The van der Waals surface area contributed by atoms with Crippen molar-refractivity contribution < 1.29 is 12.8 Å². The van der Waals surface area contributed by atoms with Gasteiger partial charge in [0.25, 0.3) is 0 Å². The van der Waals surface area contributed by atoms with Crippen molar-refractivity contribution in [3.05, 3.63) is 29.6 Å². The summed E-state index contributed by atoms with van der Waals surface area (Å²) in [4.78, 5) is 0.131. The molecule has 1 aliphatic heterocycles. The Labute approximate surface area is 101 Å². The molecule has 1 saturated heterocycles. The highest BCUT2D eigenvalue weighted by atomic mass is 32.2. The highest BCUT2D eigenvalue weighted by molar-refractivity contribution is 7.90. The van der Waals surface area contributed by atoms with Gasteiger partial charge in [0.2, 0.25) is 0 Å². The van der Waals surface area contributed by atoms with Gasteiger partial charge in [-0.05, 0) is 31.5 Å². The van der Waals surface area contributed by atoms with E-state index < -0.39 is 15.7 Å². The molecule has 1 aromatic carbocycles. The van der Waals surface area contributed by atoms with Crippen LogP contribution in [0.4, 0.5) is 4.39 Å². The number of hydrogen-bond donors (Lipinski definition) is 1. The van der Waals surface area contributed by atoms with E-state index in [0.29, 0.717) is 12.1 Å². The zero-order chi connectivity index (χ0) is 12.5. The van der Waals surface area contributed by atoms with E-state index in [9.17, 15) is 12.8 Å². The Bertz CT molecular complexity index is 507.